The van der Waals surface area contributed by atoms with Gasteiger partial charge in [-0.1, -0.05) is 189 Å². The van der Waals surface area contributed by atoms with E-state index in [4.69, 9.17) is 9.84 Å². The Morgan fingerprint density at radius 2 is 0.860 bits per heavy atom. The molecule has 6 nitrogen and oxygen atoms in total. The summed E-state index contributed by atoms with van der Waals surface area (Å²) in [6, 6.07) is 0. The van der Waals surface area contributed by atoms with Crippen LogP contribution >= 0.6 is 0 Å². The first-order valence-electron chi connectivity index (χ1n) is 23.6. The van der Waals surface area contributed by atoms with Crippen molar-refractivity contribution in [1.29, 1.82) is 0 Å². The summed E-state index contributed by atoms with van der Waals surface area (Å²) < 4.78 is 6.04. The number of carbonyl (C=O) groups excluding carboxylic acids is 2. The van der Waals surface area contributed by atoms with Crippen LogP contribution in [-0.4, -0.2) is 35.6 Å². The van der Waals surface area contributed by atoms with Crippen molar-refractivity contribution in [3.8, 4) is 0 Å². The molecule has 1 unspecified atom stereocenters. The third-order valence-electron chi connectivity index (χ3n) is 10.1. The first-order valence-corrected chi connectivity index (χ1v) is 23.6. The van der Waals surface area contributed by atoms with Crippen LogP contribution in [-0.2, 0) is 19.1 Å². The lowest BCUT2D eigenvalue weighted by Gasteiger charge is -2.18. The van der Waals surface area contributed by atoms with Gasteiger partial charge in [0.05, 0.1) is 0 Å². The van der Waals surface area contributed by atoms with Gasteiger partial charge in [-0.3, -0.25) is 14.4 Å². The second-order valence-electron chi connectivity index (χ2n) is 15.6. The second-order valence-corrected chi connectivity index (χ2v) is 15.6. The molecule has 0 aromatic heterocycles. The molecule has 6 heteroatoms. The van der Waals surface area contributed by atoms with Gasteiger partial charge in [0.15, 0.2) is 0 Å². The fourth-order valence-electron chi connectivity index (χ4n) is 6.70. The van der Waals surface area contributed by atoms with E-state index in [2.05, 4.69) is 92.1 Å². The largest absolute Gasteiger partial charge is 0.480 e. The molecule has 0 bridgehead atoms. The van der Waals surface area contributed by atoms with Gasteiger partial charge in [0.2, 0.25) is 5.91 Å². The number of hydrogen-bond acceptors (Lipinski definition) is 4. The van der Waals surface area contributed by atoms with Crippen molar-refractivity contribution in [2.75, 3.05) is 6.54 Å². The maximum absolute atomic E-state index is 12.8. The van der Waals surface area contributed by atoms with Crippen molar-refractivity contribution >= 4 is 17.8 Å². The molecular formula is C51H87NO5. The molecule has 57 heavy (non-hydrogen) atoms. The Hall–Kier alpha value is -3.15. The molecule has 0 aliphatic heterocycles. The Bertz CT molecular complexity index is 1100. The van der Waals surface area contributed by atoms with E-state index in [1.54, 1.807) is 0 Å². The van der Waals surface area contributed by atoms with Gasteiger partial charge in [0, 0.05) is 12.8 Å². The molecule has 0 radical (unpaired) electrons. The van der Waals surface area contributed by atoms with E-state index in [1.165, 1.54) is 70.6 Å². The number of nitrogens with one attached hydrogen (secondary N) is 1. The number of allylic oxidation sites excluding steroid dienone is 12. The third kappa shape index (κ3) is 45.4. The van der Waals surface area contributed by atoms with Gasteiger partial charge in [-0.15, -0.1) is 0 Å². The van der Waals surface area contributed by atoms with Gasteiger partial charge in [-0.25, -0.2) is 0 Å². The minimum Gasteiger partial charge on any atom is -0.480 e. The number of ether oxygens (including phenoxy) is 1. The summed E-state index contributed by atoms with van der Waals surface area (Å²) in [5.41, 5.74) is 0. The van der Waals surface area contributed by atoms with Crippen LogP contribution in [0.5, 0.6) is 0 Å². The van der Waals surface area contributed by atoms with Crippen molar-refractivity contribution in [1.82, 2.24) is 5.32 Å². The molecular weight excluding hydrogens is 707 g/mol. The van der Waals surface area contributed by atoms with Crippen LogP contribution in [0.4, 0.5) is 0 Å². The van der Waals surface area contributed by atoms with Crippen LogP contribution in [0.3, 0.4) is 0 Å². The molecule has 0 heterocycles. The molecule has 0 aliphatic rings. The minimum absolute atomic E-state index is 0.00974. The zero-order valence-electron chi connectivity index (χ0n) is 36.9. The molecule has 0 rings (SSSR count). The highest BCUT2D eigenvalue weighted by molar-refractivity contribution is 5.80. The van der Waals surface area contributed by atoms with Gasteiger partial charge >= 0.3 is 11.9 Å². The molecule has 1 amide bonds. The lowest BCUT2D eigenvalue weighted by Crippen LogP contribution is -2.28. The molecule has 326 valence electrons. The van der Waals surface area contributed by atoms with Gasteiger partial charge in [0.25, 0.3) is 0 Å². The lowest BCUT2D eigenvalue weighted by atomic mass is 10.0. The Kier molecular flexibility index (Phi) is 43.0. The van der Waals surface area contributed by atoms with Crippen molar-refractivity contribution in [2.45, 2.75) is 225 Å². The summed E-state index contributed by atoms with van der Waals surface area (Å²) in [6.45, 7) is 4.11. The average molecular weight is 794 g/mol. The zero-order chi connectivity index (χ0) is 41.5. The number of carboxylic acids is 1. The fraction of sp³-hybridized carbons (Fsp3) is 0.706. The molecule has 0 saturated carbocycles. The normalized spacial score (nSPS) is 12.7. The minimum atomic E-state index is -1.02. The highest BCUT2D eigenvalue weighted by Crippen LogP contribution is 2.19. The summed E-state index contributed by atoms with van der Waals surface area (Å²) in [5, 5.41) is 11.1. The van der Waals surface area contributed by atoms with Gasteiger partial charge in [-0.05, 0) is 89.9 Å². The van der Waals surface area contributed by atoms with E-state index < -0.39 is 5.97 Å². The third-order valence-corrected chi connectivity index (χ3v) is 10.1. The predicted octanol–water partition coefficient (Wildman–Crippen LogP) is 15.0. The number of unbranched alkanes of at least 4 members (excludes halogenated alkanes) is 19. The van der Waals surface area contributed by atoms with Crippen LogP contribution < -0.4 is 5.32 Å². The summed E-state index contributed by atoms with van der Waals surface area (Å²) in [6.07, 6.45) is 61.7. The number of esters is 1. The van der Waals surface area contributed by atoms with Crippen LogP contribution in [0.1, 0.15) is 219 Å². The van der Waals surface area contributed by atoms with Crippen molar-refractivity contribution in [3.63, 3.8) is 0 Å². The molecule has 0 aliphatic carbocycles. The zero-order valence-corrected chi connectivity index (χ0v) is 36.9. The van der Waals surface area contributed by atoms with Crippen LogP contribution in [0, 0.1) is 0 Å². The standard InChI is InChI=1S/C51H87NO5/c1-3-5-7-9-11-13-15-17-18-19-20-21-22-23-24-25-26-27-29-31-33-38-42-46-51(56)57-48(43-39-35-32-30-28-16-14-12-10-8-6-4-2)44-40-36-34-37-41-45-49(53)52-47-50(54)55/h5,7,11,13,17-18,20-21,23-24,26-27,48H,3-4,6,8-10,12,14-16,19,22,25,28-47H2,1-2H3,(H,52,53)(H,54,55)/b7-5-,13-11-,18-17-,21-20-,24-23-,27-26-. The molecule has 0 fully saturated rings. The summed E-state index contributed by atoms with van der Waals surface area (Å²) >= 11 is 0. The highest BCUT2D eigenvalue weighted by Gasteiger charge is 2.14. The van der Waals surface area contributed by atoms with E-state index in [0.29, 0.717) is 12.8 Å². The lowest BCUT2D eigenvalue weighted by molar-refractivity contribution is -0.150. The van der Waals surface area contributed by atoms with E-state index in [-0.39, 0.29) is 24.5 Å². The summed E-state index contributed by atoms with van der Waals surface area (Å²) in [4.78, 5) is 35.1. The monoisotopic (exact) mass is 794 g/mol. The summed E-state index contributed by atoms with van der Waals surface area (Å²) in [7, 11) is 0. The molecule has 2 N–H and O–H groups in total. The van der Waals surface area contributed by atoms with Gasteiger partial charge in [-0.2, -0.15) is 0 Å². The topological polar surface area (TPSA) is 92.7 Å². The van der Waals surface area contributed by atoms with E-state index in [1.807, 2.05) is 0 Å². The number of carboxylic acid groups (broad SMARTS) is 1. The van der Waals surface area contributed by atoms with Crippen molar-refractivity contribution in [3.05, 3.63) is 72.9 Å². The Balaban J connectivity index is 4.18. The van der Waals surface area contributed by atoms with E-state index >= 15 is 0 Å². The summed E-state index contributed by atoms with van der Waals surface area (Å²) in [5.74, 6) is -1.25. The Morgan fingerprint density at radius 1 is 0.474 bits per heavy atom. The first-order chi connectivity index (χ1) is 28.0. The van der Waals surface area contributed by atoms with E-state index in [0.717, 1.165) is 122 Å². The maximum Gasteiger partial charge on any atom is 0.322 e. The Morgan fingerprint density at radius 3 is 1.32 bits per heavy atom. The number of hydrogen-bond donors (Lipinski definition) is 2. The number of rotatable bonds is 42. The Labute approximate surface area is 351 Å². The first kappa shape index (κ1) is 53.9. The van der Waals surface area contributed by atoms with Gasteiger partial charge in [0.1, 0.15) is 12.6 Å². The molecule has 0 aromatic carbocycles. The van der Waals surface area contributed by atoms with Gasteiger partial charge < -0.3 is 15.2 Å². The smallest absolute Gasteiger partial charge is 0.322 e. The number of amides is 1. The predicted molar refractivity (Wildman–Crippen MR) is 244 cm³/mol. The van der Waals surface area contributed by atoms with Crippen molar-refractivity contribution < 1.29 is 24.2 Å². The average Bonchev–Trinajstić information content (AvgIpc) is 3.20. The fourth-order valence-corrected chi connectivity index (χ4v) is 6.70. The van der Waals surface area contributed by atoms with Crippen LogP contribution in [0.15, 0.2) is 72.9 Å². The highest BCUT2D eigenvalue weighted by atomic mass is 16.5. The number of aliphatic carboxylic acids is 1. The van der Waals surface area contributed by atoms with Crippen molar-refractivity contribution in [2.24, 2.45) is 0 Å². The van der Waals surface area contributed by atoms with Crippen LogP contribution in [0.25, 0.3) is 0 Å². The molecule has 0 spiro atoms. The van der Waals surface area contributed by atoms with E-state index in [9.17, 15) is 14.4 Å². The molecule has 1 atom stereocenters. The molecule has 0 aromatic rings. The molecule has 0 saturated heterocycles. The van der Waals surface area contributed by atoms with Crippen LogP contribution in [0.2, 0.25) is 0 Å². The SMILES string of the molecule is CC/C=C\C/C=C\C/C=C\C/C=C\C/C=C\C/C=C\CCCCCCC(=O)OC(CCCCCCCCCCCCCC)CCCCCCCC(=O)NCC(=O)O. The number of carbonyl (C=O) groups is 3. The second kappa shape index (κ2) is 45.6. The maximum atomic E-state index is 12.8. The quantitative estimate of drug-likeness (QED) is 0.0365.